The van der Waals surface area contributed by atoms with Crippen LogP contribution >= 0.6 is 7.60 Å². The highest BCUT2D eigenvalue weighted by Crippen LogP contribution is 2.45. The Kier molecular flexibility index (Phi) is 5.50. The van der Waals surface area contributed by atoms with Crippen LogP contribution in [0.15, 0.2) is 48.5 Å². The highest BCUT2D eigenvalue weighted by molar-refractivity contribution is 7.51. The molecule has 0 aromatic heterocycles. The number of nitro groups is 1. The zero-order valence-electron chi connectivity index (χ0n) is 12.3. The molecule has 2 rings (SSSR count). The lowest BCUT2D eigenvalue weighted by Crippen LogP contribution is -2.03. The monoisotopic (exact) mass is 336 g/mol. The third kappa shape index (κ3) is 5.17. The molecular weight excluding hydrogens is 319 g/mol. The summed E-state index contributed by atoms with van der Waals surface area (Å²) in [6.07, 6.45) is 0.0214. The Hall–Kier alpha value is -2.21. The van der Waals surface area contributed by atoms with Gasteiger partial charge in [-0.05, 0) is 17.7 Å². The number of hydrogen-bond donors (Lipinski definition) is 2. The van der Waals surface area contributed by atoms with Crippen LogP contribution < -0.4 is 5.73 Å². The number of nitrogens with two attached hydrogens (primary N) is 1. The zero-order valence-corrected chi connectivity index (χ0v) is 13.2. The van der Waals surface area contributed by atoms with Crippen LogP contribution in [0.5, 0.6) is 0 Å². The molecule has 0 aliphatic heterocycles. The summed E-state index contributed by atoms with van der Waals surface area (Å²) in [7, 11) is -3.80. The number of benzene rings is 2. The molecule has 1 atom stereocenters. The Morgan fingerprint density at radius 1 is 1.22 bits per heavy atom. The fourth-order valence-electron chi connectivity index (χ4n) is 2.14. The van der Waals surface area contributed by atoms with Crippen LogP contribution in [0.25, 0.3) is 0 Å². The molecular formula is C15H17N2O5P. The normalized spacial score (nSPS) is 13.4. The lowest BCUT2D eigenvalue weighted by molar-refractivity contribution is -0.385. The third-order valence-electron chi connectivity index (χ3n) is 3.19. The second kappa shape index (κ2) is 7.37. The van der Waals surface area contributed by atoms with Crippen molar-refractivity contribution in [2.24, 2.45) is 0 Å². The summed E-state index contributed by atoms with van der Waals surface area (Å²) in [6, 6.07) is 13.0. The SMILES string of the molecule is Nc1ccc([N+](=O)[O-])c(CCOP(=O)(O)Cc2ccccc2)c1. The molecule has 3 N–H and O–H groups in total. The number of nitrogens with zero attached hydrogens (tertiary/aromatic N) is 1. The Morgan fingerprint density at radius 2 is 1.91 bits per heavy atom. The fourth-order valence-corrected chi connectivity index (χ4v) is 3.28. The Bertz CT molecular complexity index is 736. The summed E-state index contributed by atoms with van der Waals surface area (Å²) < 4.78 is 17.1. The molecule has 0 saturated carbocycles. The van der Waals surface area contributed by atoms with Crippen LogP contribution in [0.3, 0.4) is 0 Å². The van der Waals surface area contributed by atoms with Gasteiger partial charge in [0.25, 0.3) is 5.69 Å². The summed E-state index contributed by atoms with van der Waals surface area (Å²) in [5, 5.41) is 11.0. The number of nitro benzene ring substituents is 1. The molecule has 122 valence electrons. The van der Waals surface area contributed by atoms with Crippen LogP contribution in [-0.4, -0.2) is 16.4 Å². The second-order valence-corrected chi connectivity index (χ2v) is 6.86. The molecule has 0 amide bonds. The number of nitrogen functional groups attached to an aromatic ring is 1. The summed E-state index contributed by atoms with van der Waals surface area (Å²) >= 11 is 0. The maximum atomic E-state index is 12.0. The minimum Gasteiger partial charge on any atom is -0.399 e. The molecule has 8 heteroatoms. The van der Waals surface area contributed by atoms with Crippen LogP contribution in [0.4, 0.5) is 11.4 Å². The van der Waals surface area contributed by atoms with Gasteiger partial charge in [-0.1, -0.05) is 30.3 Å². The van der Waals surface area contributed by atoms with Crippen molar-refractivity contribution in [2.45, 2.75) is 12.6 Å². The van der Waals surface area contributed by atoms with Crippen molar-refractivity contribution in [1.82, 2.24) is 0 Å². The Morgan fingerprint density at radius 3 is 2.57 bits per heavy atom. The molecule has 0 aliphatic rings. The zero-order chi connectivity index (χ0) is 16.9. The van der Waals surface area contributed by atoms with Gasteiger partial charge in [0.05, 0.1) is 17.7 Å². The van der Waals surface area contributed by atoms with E-state index in [2.05, 4.69) is 0 Å². The molecule has 7 nitrogen and oxygen atoms in total. The summed E-state index contributed by atoms with van der Waals surface area (Å²) in [6.45, 7) is -0.106. The van der Waals surface area contributed by atoms with E-state index in [1.807, 2.05) is 6.07 Å². The first-order valence-electron chi connectivity index (χ1n) is 6.90. The average molecular weight is 336 g/mol. The molecule has 2 aromatic carbocycles. The molecule has 0 fully saturated rings. The number of anilines is 1. The predicted molar refractivity (Wildman–Crippen MR) is 87.1 cm³/mol. The van der Waals surface area contributed by atoms with Crippen LogP contribution in [0.1, 0.15) is 11.1 Å². The lowest BCUT2D eigenvalue weighted by atomic mass is 10.1. The van der Waals surface area contributed by atoms with Crippen LogP contribution in [0.2, 0.25) is 0 Å². The number of rotatable bonds is 7. The topological polar surface area (TPSA) is 116 Å². The van der Waals surface area contributed by atoms with Gasteiger partial charge in [0.2, 0.25) is 0 Å². The van der Waals surface area contributed by atoms with Gasteiger partial charge in [0.15, 0.2) is 0 Å². The van der Waals surface area contributed by atoms with Crippen molar-refractivity contribution in [1.29, 1.82) is 0 Å². The van der Waals surface area contributed by atoms with Gasteiger partial charge in [-0.15, -0.1) is 0 Å². The van der Waals surface area contributed by atoms with Crippen molar-refractivity contribution in [3.8, 4) is 0 Å². The van der Waals surface area contributed by atoms with Crippen molar-refractivity contribution in [3.05, 3.63) is 69.8 Å². The summed E-state index contributed by atoms with van der Waals surface area (Å²) in [5.41, 5.74) is 6.98. The van der Waals surface area contributed by atoms with E-state index in [1.54, 1.807) is 24.3 Å². The quantitative estimate of drug-likeness (QED) is 0.347. The van der Waals surface area contributed by atoms with Gasteiger partial charge in [0, 0.05) is 23.7 Å². The van der Waals surface area contributed by atoms with Gasteiger partial charge in [-0.3, -0.25) is 14.7 Å². The number of hydrogen-bond acceptors (Lipinski definition) is 5. The lowest BCUT2D eigenvalue weighted by Gasteiger charge is -2.12. The molecule has 2 aromatic rings. The second-order valence-electron chi connectivity index (χ2n) is 5.01. The first-order chi connectivity index (χ1) is 10.9. The van der Waals surface area contributed by atoms with Crippen LogP contribution in [-0.2, 0) is 21.7 Å². The maximum absolute atomic E-state index is 12.0. The smallest absolute Gasteiger partial charge is 0.332 e. The van der Waals surface area contributed by atoms with E-state index in [9.17, 15) is 19.6 Å². The standard InChI is InChI=1S/C15H17N2O5P/c16-14-6-7-15(17(18)19)13(10-14)8-9-22-23(20,21)11-12-4-2-1-3-5-12/h1-7,10H,8-9,11,16H2,(H,20,21). The Labute approximate surface area is 133 Å². The molecule has 0 saturated heterocycles. The van der Waals surface area contributed by atoms with E-state index in [0.717, 1.165) is 0 Å². The Balaban J connectivity index is 1.98. The highest BCUT2D eigenvalue weighted by atomic mass is 31.2. The summed E-state index contributed by atoms with van der Waals surface area (Å²) in [4.78, 5) is 20.3. The van der Waals surface area contributed by atoms with Gasteiger partial charge in [-0.2, -0.15) is 0 Å². The molecule has 23 heavy (non-hydrogen) atoms. The first-order valence-corrected chi connectivity index (χ1v) is 8.67. The third-order valence-corrected chi connectivity index (χ3v) is 4.54. The molecule has 0 spiro atoms. The largest absolute Gasteiger partial charge is 0.399 e. The van der Waals surface area contributed by atoms with Crippen molar-refractivity contribution < 1.29 is 18.9 Å². The highest BCUT2D eigenvalue weighted by Gasteiger charge is 2.21. The molecule has 0 radical (unpaired) electrons. The van der Waals surface area contributed by atoms with E-state index >= 15 is 0 Å². The van der Waals surface area contributed by atoms with Crippen molar-refractivity contribution in [2.75, 3.05) is 12.3 Å². The molecule has 0 bridgehead atoms. The first kappa shape index (κ1) is 17.1. The van der Waals surface area contributed by atoms with Crippen molar-refractivity contribution >= 4 is 19.0 Å². The molecule has 0 heterocycles. The minimum atomic E-state index is -3.80. The van der Waals surface area contributed by atoms with Gasteiger partial charge in [-0.25, -0.2) is 0 Å². The van der Waals surface area contributed by atoms with Crippen molar-refractivity contribution in [3.63, 3.8) is 0 Å². The van der Waals surface area contributed by atoms with E-state index in [4.69, 9.17) is 10.3 Å². The summed E-state index contributed by atoms with van der Waals surface area (Å²) in [5.74, 6) is 0. The van der Waals surface area contributed by atoms with Gasteiger partial charge < -0.3 is 15.2 Å². The van der Waals surface area contributed by atoms with Gasteiger partial charge >= 0.3 is 7.60 Å². The predicted octanol–water partition coefficient (Wildman–Crippen LogP) is 3.12. The van der Waals surface area contributed by atoms with E-state index < -0.39 is 12.5 Å². The fraction of sp³-hybridized carbons (Fsp3) is 0.200. The minimum absolute atomic E-state index is 0.0846. The van der Waals surface area contributed by atoms with E-state index in [-0.39, 0.29) is 24.9 Å². The van der Waals surface area contributed by atoms with Gasteiger partial charge in [0.1, 0.15) is 0 Å². The van der Waals surface area contributed by atoms with Crippen LogP contribution in [0, 0.1) is 10.1 Å². The molecule has 0 aliphatic carbocycles. The molecule has 1 unspecified atom stereocenters. The maximum Gasteiger partial charge on any atom is 0.332 e. The average Bonchev–Trinajstić information content (AvgIpc) is 2.47. The van der Waals surface area contributed by atoms with E-state index in [0.29, 0.717) is 16.8 Å². The van der Waals surface area contributed by atoms with E-state index in [1.165, 1.54) is 18.2 Å².